The molecule has 0 saturated carbocycles. The molecule has 0 spiro atoms. The van der Waals surface area contributed by atoms with E-state index >= 15 is 0 Å². The molecule has 0 unspecified atom stereocenters. The number of anilines is 1. The summed E-state index contributed by atoms with van der Waals surface area (Å²) in [5, 5.41) is 5.31. The molecule has 0 saturated heterocycles. The number of ether oxygens (including phenoxy) is 1. The van der Waals surface area contributed by atoms with Crippen LogP contribution in [0.3, 0.4) is 0 Å². The van der Waals surface area contributed by atoms with Crippen molar-refractivity contribution in [2.45, 2.75) is 38.8 Å². The number of ketones is 1. The predicted molar refractivity (Wildman–Crippen MR) is 176 cm³/mol. The third-order valence-electron chi connectivity index (χ3n) is 7.34. The van der Waals surface area contributed by atoms with Crippen LogP contribution in [0.15, 0.2) is 115 Å². The predicted octanol–water partition coefficient (Wildman–Crippen LogP) is 7.31. The summed E-state index contributed by atoms with van der Waals surface area (Å²) >= 11 is 2.94. The number of carbonyl (C=O) groups excluding carboxylic acids is 2. The number of benzene rings is 4. The summed E-state index contributed by atoms with van der Waals surface area (Å²) in [6, 6.07) is 36.6. The van der Waals surface area contributed by atoms with Crippen LogP contribution in [0.4, 0.5) is 5.69 Å². The van der Waals surface area contributed by atoms with Gasteiger partial charge in [-0.1, -0.05) is 133 Å². The summed E-state index contributed by atoms with van der Waals surface area (Å²) in [5.41, 5.74) is 4.58. The number of Topliss-reactive ketones (excluding diaryl/α,β-unsaturated/α-hetero) is 1. The van der Waals surface area contributed by atoms with Crippen molar-refractivity contribution in [2.75, 3.05) is 24.2 Å². The van der Waals surface area contributed by atoms with E-state index in [1.807, 2.05) is 114 Å². The molecule has 42 heavy (non-hydrogen) atoms. The number of alkyl halides is 1. The summed E-state index contributed by atoms with van der Waals surface area (Å²) in [5.74, 6) is 1.76. The molecule has 2 atom stereocenters. The number of quaternary nitrogens is 1. The molecule has 0 radical (unpaired) electrons. The van der Waals surface area contributed by atoms with E-state index in [9.17, 15) is 9.59 Å². The monoisotopic (exact) mass is 629 g/mol. The van der Waals surface area contributed by atoms with E-state index in [2.05, 4.69) is 47.2 Å². The average molecular weight is 631 g/mol. The maximum Gasteiger partial charge on any atom is 0.333 e. The minimum Gasteiger partial charge on any atom is -0.454 e. The zero-order valence-corrected chi connectivity index (χ0v) is 26.3. The Labute approximate surface area is 258 Å². The van der Waals surface area contributed by atoms with E-state index in [0.29, 0.717) is 18.7 Å². The Morgan fingerprint density at radius 2 is 1.26 bits per heavy atom. The quantitative estimate of drug-likeness (QED) is 0.0871. The molecule has 0 amide bonds. The number of carbonyl (C=O) groups is 2. The fourth-order valence-corrected chi connectivity index (χ4v) is 4.97. The summed E-state index contributed by atoms with van der Waals surface area (Å²) in [6.45, 7) is 5.05. The first kappa shape index (κ1) is 32.8. The van der Waals surface area contributed by atoms with Gasteiger partial charge in [-0.05, 0) is 47.5 Å². The number of nitrogens with one attached hydrogen (secondary N) is 1. The maximum absolute atomic E-state index is 13.6. The Kier molecular flexibility index (Phi) is 14.0. The largest absolute Gasteiger partial charge is 0.454 e. The van der Waals surface area contributed by atoms with Crippen LogP contribution in [0.25, 0.3) is 11.1 Å². The number of hydrogen-bond acceptors (Lipinski definition) is 4. The highest BCUT2D eigenvalue weighted by Gasteiger charge is 2.30. The van der Waals surface area contributed by atoms with Gasteiger partial charge in [0.2, 0.25) is 5.78 Å². The van der Waals surface area contributed by atoms with Crippen LogP contribution in [0.5, 0.6) is 0 Å². The Morgan fingerprint density at radius 3 is 1.83 bits per heavy atom. The molecule has 220 valence electrons. The van der Waals surface area contributed by atoms with Crippen LogP contribution in [0, 0.1) is 5.92 Å². The molecule has 5 nitrogen and oxygen atoms in total. The van der Waals surface area contributed by atoms with Crippen LogP contribution in [0.2, 0.25) is 0 Å². The zero-order valence-electron chi connectivity index (χ0n) is 24.7. The van der Waals surface area contributed by atoms with Gasteiger partial charge in [-0.15, -0.1) is 0 Å². The molecule has 0 aromatic heterocycles. The van der Waals surface area contributed by atoms with Gasteiger partial charge in [-0.2, -0.15) is 0 Å². The molecule has 0 heterocycles. The van der Waals surface area contributed by atoms with Crippen molar-refractivity contribution in [3.05, 3.63) is 126 Å². The average Bonchev–Trinajstić information content (AvgIpc) is 3.06. The number of rotatable bonds is 14. The van der Waals surface area contributed by atoms with Crippen LogP contribution >= 0.6 is 15.9 Å². The van der Waals surface area contributed by atoms with Gasteiger partial charge in [0.1, 0.15) is 13.1 Å². The van der Waals surface area contributed by atoms with Gasteiger partial charge in [0.25, 0.3) is 0 Å². The van der Waals surface area contributed by atoms with Crippen molar-refractivity contribution in [1.29, 1.82) is 0 Å². The van der Waals surface area contributed by atoms with Crippen molar-refractivity contribution < 1.29 is 19.6 Å². The summed E-state index contributed by atoms with van der Waals surface area (Å²) < 4.78 is 6.19. The summed E-state index contributed by atoms with van der Waals surface area (Å²) in [7, 11) is 0. The Hall–Kier alpha value is -3.74. The molecule has 0 fully saturated rings. The van der Waals surface area contributed by atoms with Crippen molar-refractivity contribution in [2.24, 2.45) is 5.92 Å². The maximum atomic E-state index is 13.6. The van der Waals surface area contributed by atoms with Crippen molar-refractivity contribution in [1.82, 2.24) is 0 Å². The van der Waals surface area contributed by atoms with E-state index in [4.69, 9.17) is 4.74 Å². The van der Waals surface area contributed by atoms with Crippen molar-refractivity contribution >= 4 is 33.4 Å². The molecule has 0 aliphatic carbocycles. The highest BCUT2D eigenvalue weighted by molar-refractivity contribution is 9.08. The molecular formula is C36H42BrN2O3+. The number of para-hydroxylation sites is 1. The van der Waals surface area contributed by atoms with Gasteiger partial charge in [0.15, 0.2) is 12.1 Å². The molecule has 3 N–H and O–H groups in total. The molecule has 4 rings (SSSR count). The molecule has 0 bridgehead atoms. The molecule has 0 aliphatic heterocycles. The lowest BCUT2D eigenvalue weighted by molar-refractivity contribution is -0.650. The second kappa shape index (κ2) is 17.9. The first-order chi connectivity index (χ1) is 20.6. The van der Waals surface area contributed by atoms with Crippen LogP contribution in [-0.2, 0) is 9.53 Å². The van der Waals surface area contributed by atoms with E-state index in [0.717, 1.165) is 35.2 Å². The molecule has 0 aliphatic rings. The third kappa shape index (κ3) is 9.68. The summed E-state index contributed by atoms with van der Waals surface area (Å²) in [4.78, 5) is 26.5. The standard InChI is InChI=1S/C35H38N2O3.CH3Br/c1-3-26(4-2)33(25-36-24-32(38)29-22-20-28(21-23-29)27-14-8-5-9-15-27)40-35(39)34(30-16-10-6-11-17-30)37-31-18-12-7-13-19-31;1-2/h5-23,26,33-34,36-37H,3-4,24-25H2,1-2H3;1H3/p+1/t33-,34+;/m0./s1. The highest BCUT2D eigenvalue weighted by atomic mass is 79.9. The molecule has 4 aromatic rings. The minimum absolute atomic E-state index is 0.0575. The second-order valence-electron chi connectivity index (χ2n) is 10.0. The Morgan fingerprint density at radius 1 is 0.738 bits per heavy atom. The lowest BCUT2D eigenvalue weighted by Crippen LogP contribution is -2.88. The first-order valence-corrected chi connectivity index (χ1v) is 16.1. The van der Waals surface area contributed by atoms with Gasteiger partial charge in [-0.3, -0.25) is 4.79 Å². The normalized spacial score (nSPS) is 12.0. The van der Waals surface area contributed by atoms with Crippen molar-refractivity contribution in [3.63, 3.8) is 0 Å². The fourth-order valence-electron chi connectivity index (χ4n) is 4.97. The second-order valence-corrected chi connectivity index (χ2v) is 10.0. The Bertz CT molecular complexity index is 1330. The van der Waals surface area contributed by atoms with E-state index in [1.54, 1.807) is 0 Å². The van der Waals surface area contributed by atoms with Crippen LogP contribution in [0.1, 0.15) is 48.7 Å². The Balaban J connectivity index is 0.00000237. The van der Waals surface area contributed by atoms with Gasteiger partial charge in [0.05, 0.1) is 0 Å². The van der Waals surface area contributed by atoms with E-state index in [-0.39, 0.29) is 23.8 Å². The fraction of sp³-hybridized carbons (Fsp3) is 0.278. The number of halogens is 1. The van der Waals surface area contributed by atoms with Gasteiger partial charge in [-0.25, -0.2) is 4.79 Å². The number of nitrogens with two attached hydrogens (primary N) is 1. The van der Waals surface area contributed by atoms with Gasteiger partial charge < -0.3 is 15.4 Å². The highest BCUT2D eigenvalue weighted by Crippen LogP contribution is 2.24. The summed E-state index contributed by atoms with van der Waals surface area (Å²) in [6.07, 6.45) is 1.47. The SMILES string of the molecule is CBr.CCC(CC)[C@H](C[NH2+]CC(=O)c1ccc(-c2ccccc2)cc1)OC(=O)[C@H](Nc1ccccc1)c1ccccc1. The van der Waals surface area contributed by atoms with Crippen molar-refractivity contribution in [3.8, 4) is 11.1 Å². The van der Waals surface area contributed by atoms with E-state index in [1.165, 1.54) is 0 Å². The first-order valence-electron chi connectivity index (χ1n) is 14.5. The van der Waals surface area contributed by atoms with Crippen LogP contribution < -0.4 is 10.6 Å². The minimum atomic E-state index is -0.634. The lowest BCUT2D eigenvalue weighted by atomic mass is 9.96. The smallest absolute Gasteiger partial charge is 0.333 e. The number of hydrogen-bond donors (Lipinski definition) is 2. The van der Waals surface area contributed by atoms with E-state index < -0.39 is 6.04 Å². The molecule has 6 heteroatoms. The topological polar surface area (TPSA) is 72.0 Å². The molecular weight excluding hydrogens is 588 g/mol. The zero-order chi connectivity index (χ0) is 30.2. The molecule has 4 aromatic carbocycles. The lowest BCUT2D eigenvalue weighted by Gasteiger charge is -2.27. The van der Waals surface area contributed by atoms with Gasteiger partial charge in [0, 0.05) is 17.2 Å². The number of esters is 1. The third-order valence-corrected chi connectivity index (χ3v) is 7.34. The van der Waals surface area contributed by atoms with Gasteiger partial charge >= 0.3 is 5.97 Å². The van der Waals surface area contributed by atoms with Crippen LogP contribution in [-0.4, -0.2) is 36.8 Å².